The first kappa shape index (κ1) is 9.44. The molecule has 2 rings (SSSR count). The van der Waals surface area contributed by atoms with Crippen LogP contribution >= 0.6 is 0 Å². The van der Waals surface area contributed by atoms with Crippen LogP contribution in [0.4, 0.5) is 0 Å². The highest BCUT2D eigenvalue weighted by atomic mass is 16.1. The number of aromatic nitrogens is 2. The van der Waals surface area contributed by atoms with Gasteiger partial charge < -0.3 is 0 Å². The van der Waals surface area contributed by atoms with E-state index in [0.29, 0.717) is 0 Å². The molecule has 14 heavy (non-hydrogen) atoms. The molecule has 1 aliphatic rings. The van der Waals surface area contributed by atoms with Gasteiger partial charge in [0.25, 0.3) is 0 Å². The summed E-state index contributed by atoms with van der Waals surface area (Å²) >= 11 is 0. The third-order valence-electron chi connectivity index (χ3n) is 3.17. The van der Waals surface area contributed by atoms with E-state index < -0.39 is 0 Å². The van der Waals surface area contributed by atoms with Crippen LogP contribution in [-0.2, 0) is 13.5 Å². The van der Waals surface area contributed by atoms with Gasteiger partial charge in [0.1, 0.15) is 0 Å². The summed E-state index contributed by atoms with van der Waals surface area (Å²) < 4.78 is 1.85. The van der Waals surface area contributed by atoms with Crippen LogP contribution in [0.25, 0.3) is 0 Å². The maximum atomic E-state index is 12.1. The number of hydrogen-bond acceptors (Lipinski definition) is 2. The maximum Gasteiger partial charge on any atom is 0.172 e. The van der Waals surface area contributed by atoms with E-state index in [9.17, 15) is 4.79 Å². The van der Waals surface area contributed by atoms with Crippen molar-refractivity contribution in [1.29, 1.82) is 0 Å². The Balaban J connectivity index is 2.61. The van der Waals surface area contributed by atoms with Crippen molar-refractivity contribution in [3.8, 4) is 0 Å². The maximum absolute atomic E-state index is 12.1. The number of fused-ring (bicyclic) bond motifs is 1. The van der Waals surface area contributed by atoms with E-state index in [0.717, 1.165) is 29.8 Å². The van der Waals surface area contributed by atoms with Crippen molar-refractivity contribution in [2.24, 2.45) is 12.5 Å². The zero-order chi connectivity index (χ0) is 10.5. The number of carbonyl (C=O) groups excluding carboxylic acids is 1. The van der Waals surface area contributed by atoms with Gasteiger partial charge >= 0.3 is 0 Å². The van der Waals surface area contributed by atoms with Crippen molar-refractivity contribution in [2.75, 3.05) is 0 Å². The normalized spacial score (nSPS) is 19.6. The molecular formula is C11H16N2O. The number of aryl methyl sites for hydroxylation is 2. The van der Waals surface area contributed by atoms with Gasteiger partial charge in [-0.05, 0) is 19.8 Å². The van der Waals surface area contributed by atoms with E-state index in [1.54, 1.807) is 0 Å². The first-order valence-corrected chi connectivity index (χ1v) is 5.01. The molecule has 1 aromatic rings. The van der Waals surface area contributed by atoms with Crippen molar-refractivity contribution in [2.45, 2.75) is 33.6 Å². The topological polar surface area (TPSA) is 34.9 Å². The van der Waals surface area contributed by atoms with E-state index in [1.807, 2.05) is 32.5 Å². The number of nitrogens with zero attached hydrogens (tertiary/aromatic N) is 2. The molecule has 0 N–H and O–H groups in total. The summed E-state index contributed by atoms with van der Waals surface area (Å²) in [4.78, 5) is 12.1. The van der Waals surface area contributed by atoms with Crippen LogP contribution in [0.3, 0.4) is 0 Å². The lowest BCUT2D eigenvalue weighted by Crippen LogP contribution is -2.30. The van der Waals surface area contributed by atoms with Gasteiger partial charge in [0.15, 0.2) is 5.78 Å². The minimum absolute atomic E-state index is 0.208. The summed E-state index contributed by atoms with van der Waals surface area (Å²) in [6.45, 7) is 5.95. The smallest absolute Gasteiger partial charge is 0.172 e. The third kappa shape index (κ3) is 1.11. The molecule has 0 unspecified atom stereocenters. The SMILES string of the molecule is Cc1nn(C)c2c1C(=O)C(C)(C)CC2. The Bertz CT molecular complexity index is 402. The lowest BCUT2D eigenvalue weighted by molar-refractivity contribution is 0.0809. The minimum Gasteiger partial charge on any atom is -0.293 e. The molecule has 1 aromatic heterocycles. The second kappa shape index (κ2) is 2.69. The fourth-order valence-corrected chi connectivity index (χ4v) is 2.17. The molecule has 0 amide bonds. The number of Topliss-reactive ketones (excluding diaryl/α,β-unsaturated/α-hetero) is 1. The Morgan fingerprint density at radius 2 is 2.07 bits per heavy atom. The van der Waals surface area contributed by atoms with Crippen LogP contribution in [0, 0.1) is 12.3 Å². The molecule has 76 valence electrons. The van der Waals surface area contributed by atoms with Crippen LogP contribution in [0.15, 0.2) is 0 Å². The number of rotatable bonds is 0. The summed E-state index contributed by atoms with van der Waals surface area (Å²) in [5, 5.41) is 4.30. The predicted octanol–water partition coefficient (Wildman–Crippen LogP) is 1.88. The number of hydrogen-bond donors (Lipinski definition) is 0. The van der Waals surface area contributed by atoms with Crippen LogP contribution in [0.2, 0.25) is 0 Å². The van der Waals surface area contributed by atoms with E-state index in [4.69, 9.17) is 0 Å². The van der Waals surface area contributed by atoms with Gasteiger partial charge in [-0.1, -0.05) is 13.8 Å². The first-order chi connectivity index (χ1) is 6.43. The summed E-state index contributed by atoms with van der Waals surface area (Å²) in [7, 11) is 1.91. The van der Waals surface area contributed by atoms with Gasteiger partial charge in [0.2, 0.25) is 0 Å². The van der Waals surface area contributed by atoms with Crippen molar-refractivity contribution >= 4 is 5.78 Å². The minimum atomic E-state index is -0.208. The highest BCUT2D eigenvalue weighted by molar-refractivity contribution is 6.02. The van der Waals surface area contributed by atoms with Crippen molar-refractivity contribution in [3.63, 3.8) is 0 Å². The largest absolute Gasteiger partial charge is 0.293 e. The lowest BCUT2D eigenvalue weighted by Gasteiger charge is -2.27. The van der Waals surface area contributed by atoms with Gasteiger partial charge in [-0.15, -0.1) is 0 Å². The number of ketones is 1. The van der Waals surface area contributed by atoms with Crippen LogP contribution < -0.4 is 0 Å². The van der Waals surface area contributed by atoms with Crippen molar-refractivity contribution < 1.29 is 4.79 Å². The van der Waals surface area contributed by atoms with Crippen LogP contribution in [-0.4, -0.2) is 15.6 Å². The summed E-state index contributed by atoms with van der Waals surface area (Å²) in [6, 6.07) is 0. The quantitative estimate of drug-likeness (QED) is 0.629. The van der Waals surface area contributed by atoms with Crippen molar-refractivity contribution in [1.82, 2.24) is 9.78 Å². The molecule has 1 heterocycles. The van der Waals surface area contributed by atoms with E-state index in [-0.39, 0.29) is 11.2 Å². The van der Waals surface area contributed by atoms with Crippen molar-refractivity contribution in [3.05, 3.63) is 17.0 Å². The van der Waals surface area contributed by atoms with Gasteiger partial charge in [0.05, 0.1) is 11.3 Å². The fraction of sp³-hybridized carbons (Fsp3) is 0.636. The van der Waals surface area contributed by atoms with Crippen LogP contribution in [0.5, 0.6) is 0 Å². The highest BCUT2D eigenvalue weighted by Crippen LogP contribution is 2.35. The van der Waals surface area contributed by atoms with E-state index >= 15 is 0 Å². The lowest BCUT2D eigenvalue weighted by atomic mass is 9.75. The molecule has 1 aliphatic carbocycles. The molecular weight excluding hydrogens is 176 g/mol. The second-order valence-electron chi connectivity index (χ2n) is 4.74. The standard InChI is InChI=1S/C11H16N2O/c1-7-9-8(13(4)12-7)5-6-11(2,3)10(9)14/h5-6H2,1-4H3. The second-order valence-corrected chi connectivity index (χ2v) is 4.74. The fourth-order valence-electron chi connectivity index (χ4n) is 2.17. The molecule has 0 atom stereocenters. The molecule has 0 saturated heterocycles. The first-order valence-electron chi connectivity index (χ1n) is 5.01. The summed E-state index contributed by atoms with van der Waals surface area (Å²) in [5.74, 6) is 0.254. The Kier molecular flexibility index (Phi) is 1.81. The third-order valence-corrected chi connectivity index (χ3v) is 3.17. The van der Waals surface area contributed by atoms with Gasteiger partial charge in [-0.2, -0.15) is 5.10 Å². The van der Waals surface area contributed by atoms with Gasteiger partial charge in [-0.3, -0.25) is 9.48 Å². The summed E-state index contributed by atoms with van der Waals surface area (Å²) in [6.07, 6.45) is 1.89. The molecule has 0 spiro atoms. The molecule has 3 nitrogen and oxygen atoms in total. The zero-order valence-electron chi connectivity index (χ0n) is 9.22. The zero-order valence-corrected chi connectivity index (χ0v) is 9.22. The molecule has 0 bridgehead atoms. The average Bonchev–Trinajstić information content (AvgIpc) is 2.35. The summed E-state index contributed by atoms with van der Waals surface area (Å²) in [5.41, 5.74) is 2.64. The monoisotopic (exact) mass is 192 g/mol. The van der Waals surface area contributed by atoms with Gasteiger partial charge in [0, 0.05) is 18.2 Å². The molecule has 0 aliphatic heterocycles. The van der Waals surface area contributed by atoms with Gasteiger partial charge in [-0.25, -0.2) is 0 Å². The molecule has 0 fully saturated rings. The number of carbonyl (C=O) groups is 1. The Labute approximate surface area is 84.1 Å². The average molecular weight is 192 g/mol. The highest BCUT2D eigenvalue weighted by Gasteiger charge is 2.37. The predicted molar refractivity (Wildman–Crippen MR) is 54.4 cm³/mol. The van der Waals surface area contributed by atoms with E-state index in [1.165, 1.54) is 0 Å². The Morgan fingerprint density at radius 1 is 1.43 bits per heavy atom. The Hall–Kier alpha value is -1.12. The molecule has 3 heteroatoms. The molecule has 0 aromatic carbocycles. The molecule has 0 saturated carbocycles. The van der Waals surface area contributed by atoms with E-state index in [2.05, 4.69) is 5.10 Å². The Morgan fingerprint density at radius 3 is 2.71 bits per heavy atom. The molecule has 0 radical (unpaired) electrons. The van der Waals surface area contributed by atoms with Crippen LogP contribution in [0.1, 0.15) is 42.0 Å².